The molecule has 0 aromatic heterocycles. The zero-order valence-electron chi connectivity index (χ0n) is 35.5. The van der Waals surface area contributed by atoms with Gasteiger partial charge in [-0.2, -0.15) is 0 Å². The third-order valence-corrected chi connectivity index (χ3v) is 9.65. The number of nitrogens with two attached hydrogens (primary N) is 7. The maximum Gasteiger partial charge on any atom is 0.429 e. The van der Waals surface area contributed by atoms with Crippen LogP contribution in [0.3, 0.4) is 0 Å². The Bertz CT molecular complexity index is 1590. The van der Waals surface area contributed by atoms with E-state index in [9.17, 15) is 43.5 Å². The molecule has 0 aromatic rings. The Balaban J connectivity index is 6.38. The number of unbranched alkanes of at least 4 members (excludes halogenated alkanes) is 1. The fourth-order valence-electron chi connectivity index (χ4n) is 5.54. The van der Waals surface area contributed by atoms with Gasteiger partial charge in [-0.1, -0.05) is 26.7 Å². The third-order valence-electron chi connectivity index (χ3n) is 9.13. The van der Waals surface area contributed by atoms with Gasteiger partial charge in [0.05, 0.1) is 12.1 Å². The number of aliphatic carboxylic acids is 1. The molecule has 0 bridgehead atoms. The van der Waals surface area contributed by atoms with Crippen LogP contribution < -0.4 is 71.8 Å². The van der Waals surface area contributed by atoms with Crippen LogP contribution in [-0.2, 0) is 33.3 Å². The van der Waals surface area contributed by atoms with E-state index in [1.54, 1.807) is 18.9 Å². The highest BCUT2D eigenvalue weighted by Crippen LogP contribution is 2.27. The van der Waals surface area contributed by atoms with Gasteiger partial charge in [0.15, 0.2) is 17.9 Å². The number of aliphatic hydroxyl groups excluding tert-OH is 1. The van der Waals surface area contributed by atoms with Gasteiger partial charge in [0, 0.05) is 19.6 Å². The molecule has 0 aliphatic heterocycles. The maximum atomic E-state index is 13.9. The molecule has 27 nitrogen and oxygen atoms in total. The standard InChI is InChI=1S/C34H69N16O11P/c1-4-18(2)24(29(55)46-21(11-7-15-42-32(37)38)27(53)47-23(31(57)58)13-9-16-43-33(39)40)48-30(56)25(19(3)51)49-28(54)22(45-26(52)20(36)10-5-6-14-35)12-8-17-44-34(41)50-62(59,60)61/h18-25,51H,4-17,35-36H2,1-3H3,(H,45,52)(H,46,55)(H,47,53)(H,48,56)(H,49,54)(H,57,58)(H4,37,38,42)(H4,39,40,43)(H5,41,44,50,59,60,61)/t18-,19+,20-,21-,22-,23-,24-,25-/m0/s1. The van der Waals surface area contributed by atoms with Crippen molar-refractivity contribution < 1.29 is 53.3 Å². The summed E-state index contributed by atoms with van der Waals surface area (Å²) in [5.41, 5.74) is 38.5. The lowest BCUT2D eigenvalue weighted by atomic mass is 9.96. The normalized spacial score (nSPS) is 15.5. The average Bonchev–Trinajstić information content (AvgIpc) is 3.17. The fourth-order valence-corrected chi connectivity index (χ4v) is 5.91. The molecule has 0 unspecified atom stereocenters. The van der Waals surface area contributed by atoms with Crippen molar-refractivity contribution in [3.63, 3.8) is 0 Å². The van der Waals surface area contributed by atoms with Gasteiger partial charge in [-0.3, -0.25) is 44.0 Å². The van der Waals surface area contributed by atoms with E-state index in [4.69, 9.17) is 49.9 Å². The Kier molecular flexibility index (Phi) is 27.3. The molecule has 0 rings (SSSR count). The van der Waals surface area contributed by atoms with Gasteiger partial charge < -0.3 is 86.7 Å². The zero-order chi connectivity index (χ0) is 47.6. The summed E-state index contributed by atoms with van der Waals surface area (Å²) in [4.78, 5) is 109. The predicted octanol–water partition coefficient (Wildman–Crippen LogP) is -5.74. The number of carboxylic acid groups (broad SMARTS) is 1. The minimum absolute atomic E-state index is 0.0258. The number of aliphatic imine (C=N–C) groups is 3. The number of aliphatic hydroxyl groups is 1. The smallest absolute Gasteiger partial charge is 0.429 e. The molecular formula is C34H69N16O11P. The molecule has 0 aliphatic rings. The van der Waals surface area contributed by atoms with Crippen LogP contribution in [0.4, 0.5) is 0 Å². The van der Waals surface area contributed by atoms with Crippen molar-refractivity contribution in [2.24, 2.45) is 61.0 Å². The molecule has 356 valence electrons. The van der Waals surface area contributed by atoms with Gasteiger partial charge in [-0.05, 0) is 70.8 Å². The van der Waals surface area contributed by atoms with E-state index in [-0.39, 0.29) is 76.5 Å². The lowest BCUT2D eigenvalue weighted by Crippen LogP contribution is -2.62. The largest absolute Gasteiger partial charge is 0.480 e. The summed E-state index contributed by atoms with van der Waals surface area (Å²) in [6.45, 7) is 4.91. The molecule has 5 amide bonds. The van der Waals surface area contributed by atoms with Crippen molar-refractivity contribution in [1.29, 1.82) is 0 Å². The molecule has 0 aliphatic carbocycles. The number of carbonyl (C=O) groups excluding carboxylic acids is 5. The summed E-state index contributed by atoms with van der Waals surface area (Å²) in [5.74, 6) is -7.32. The second-order valence-electron chi connectivity index (χ2n) is 14.5. The topological polar surface area (TPSA) is 492 Å². The lowest BCUT2D eigenvalue weighted by Gasteiger charge is -2.30. The van der Waals surface area contributed by atoms with Gasteiger partial charge in [0.25, 0.3) is 0 Å². The minimum atomic E-state index is -4.74. The number of hydrogen-bond donors (Lipinski definition) is 17. The number of nitrogens with one attached hydrogen (secondary N) is 6. The lowest BCUT2D eigenvalue weighted by molar-refractivity contribution is -0.142. The molecular weight excluding hydrogens is 839 g/mol. The first-order valence-electron chi connectivity index (χ1n) is 20.1. The van der Waals surface area contributed by atoms with Crippen LogP contribution in [0.5, 0.6) is 0 Å². The molecule has 62 heavy (non-hydrogen) atoms. The molecule has 0 saturated carbocycles. The summed E-state index contributed by atoms with van der Waals surface area (Å²) in [5, 5.41) is 34.6. The van der Waals surface area contributed by atoms with Crippen LogP contribution >= 0.6 is 7.75 Å². The zero-order valence-corrected chi connectivity index (χ0v) is 36.4. The number of guanidine groups is 3. The summed E-state index contributed by atoms with van der Waals surface area (Å²) >= 11 is 0. The number of hydrogen-bond acceptors (Lipinski definition) is 13. The summed E-state index contributed by atoms with van der Waals surface area (Å²) < 4.78 is 11.1. The third kappa shape index (κ3) is 24.8. The van der Waals surface area contributed by atoms with Gasteiger partial charge in [-0.25, -0.2) is 9.36 Å². The van der Waals surface area contributed by atoms with E-state index in [1.165, 1.54) is 6.92 Å². The van der Waals surface area contributed by atoms with Crippen LogP contribution in [0.2, 0.25) is 0 Å². The van der Waals surface area contributed by atoms with E-state index in [0.29, 0.717) is 25.8 Å². The molecule has 0 heterocycles. The number of nitrogens with zero attached hydrogens (tertiary/aromatic N) is 3. The minimum Gasteiger partial charge on any atom is -0.480 e. The van der Waals surface area contributed by atoms with Crippen molar-refractivity contribution in [2.75, 3.05) is 26.2 Å². The summed E-state index contributed by atoms with van der Waals surface area (Å²) in [6, 6.07) is -8.19. The Morgan fingerprint density at radius 1 is 0.613 bits per heavy atom. The molecule has 0 saturated heterocycles. The van der Waals surface area contributed by atoms with Gasteiger partial charge in [0.2, 0.25) is 29.5 Å². The molecule has 24 N–H and O–H groups in total. The fraction of sp³-hybridized carbons (Fsp3) is 0.735. The number of carbonyl (C=O) groups is 6. The quantitative estimate of drug-likeness (QED) is 0.0133. The van der Waals surface area contributed by atoms with Gasteiger partial charge in [0.1, 0.15) is 30.2 Å². The van der Waals surface area contributed by atoms with Crippen LogP contribution in [0, 0.1) is 5.92 Å². The van der Waals surface area contributed by atoms with E-state index < -0.39 is 97.5 Å². The molecule has 0 aromatic carbocycles. The van der Waals surface area contributed by atoms with Gasteiger partial charge >= 0.3 is 13.7 Å². The van der Waals surface area contributed by atoms with Gasteiger partial charge in [-0.15, -0.1) is 0 Å². The maximum absolute atomic E-state index is 13.9. The highest BCUT2D eigenvalue weighted by Gasteiger charge is 2.36. The summed E-state index contributed by atoms with van der Waals surface area (Å²) in [6.07, 6.45) is 0.221. The van der Waals surface area contributed by atoms with Crippen LogP contribution in [0.15, 0.2) is 15.0 Å². The Morgan fingerprint density at radius 2 is 1.05 bits per heavy atom. The first-order chi connectivity index (χ1) is 28.9. The molecule has 28 heteroatoms. The molecule has 8 atom stereocenters. The van der Waals surface area contributed by atoms with Crippen molar-refractivity contribution in [3.05, 3.63) is 0 Å². The number of rotatable bonds is 31. The SMILES string of the molecule is CC[C@H](C)[C@H](NC(=O)[C@@H](NC(=O)[C@H](CCCN=C(N)NP(=O)(O)O)NC(=O)[C@@H](N)CCCCN)[C@@H](C)O)C(=O)N[C@@H](CCCN=C(N)N)C(=O)N[C@@H](CCCN=C(N)N)C(=O)O. The predicted molar refractivity (Wildman–Crippen MR) is 230 cm³/mol. The van der Waals surface area contributed by atoms with Crippen molar-refractivity contribution in [3.8, 4) is 0 Å². The average molecular weight is 909 g/mol. The van der Waals surface area contributed by atoms with E-state index in [0.717, 1.165) is 0 Å². The van der Waals surface area contributed by atoms with Crippen molar-refractivity contribution in [2.45, 2.75) is 127 Å². The summed E-state index contributed by atoms with van der Waals surface area (Å²) in [7, 11) is -4.74. The van der Waals surface area contributed by atoms with E-state index in [2.05, 4.69) is 41.6 Å². The van der Waals surface area contributed by atoms with E-state index >= 15 is 0 Å². The number of amides is 5. The molecule has 0 fully saturated rings. The molecule has 0 spiro atoms. The van der Waals surface area contributed by atoms with Crippen LogP contribution in [0.25, 0.3) is 0 Å². The second kappa shape index (κ2) is 29.8. The van der Waals surface area contributed by atoms with Crippen LogP contribution in [0.1, 0.15) is 85.0 Å². The highest BCUT2D eigenvalue weighted by molar-refractivity contribution is 7.50. The highest BCUT2D eigenvalue weighted by atomic mass is 31.2. The monoisotopic (exact) mass is 909 g/mol. The van der Waals surface area contributed by atoms with E-state index in [1.807, 2.05) is 0 Å². The Labute approximate surface area is 360 Å². The first-order valence-corrected chi connectivity index (χ1v) is 21.7. The van der Waals surface area contributed by atoms with Crippen molar-refractivity contribution in [1.82, 2.24) is 31.7 Å². The molecule has 0 radical (unpaired) electrons. The van der Waals surface area contributed by atoms with Crippen LogP contribution in [-0.4, -0.2) is 142 Å². The second-order valence-corrected chi connectivity index (χ2v) is 15.8. The Hall–Kier alpha value is -5.34. The number of carboxylic acids is 1. The Morgan fingerprint density at radius 3 is 1.50 bits per heavy atom. The first kappa shape index (κ1) is 56.7. The van der Waals surface area contributed by atoms with Crippen molar-refractivity contribution >= 4 is 61.1 Å².